The zero-order valence-electron chi connectivity index (χ0n) is 19.4. The largest absolute Gasteiger partial charge is 0.482 e. The number of sulfone groups is 1. The maximum atomic E-state index is 13.7. The van der Waals surface area contributed by atoms with Gasteiger partial charge in [-0.25, -0.2) is 31.6 Å². The van der Waals surface area contributed by atoms with Gasteiger partial charge in [0, 0.05) is 12.5 Å². The fourth-order valence-electron chi connectivity index (χ4n) is 3.81. The number of carbonyl (C=O) groups is 1. The minimum absolute atomic E-state index is 0.0138. The molecule has 1 aliphatic rings. The number of hydrogen-bond donors (Lipinski definition) is 1. The maximum absolute atomic E-state index is 13.7. The number of nitrogens with one attached hydrogen (secondary N) is 1. The Kier molecular flexibility index (Phi) is 6.58. The van der Waals surface area contributed by atoms with E-state index in [0.29, 0.717) is 11.3 Å². The summed E-state index contributed by atoms with van der Waals surface area (Å²) in [7, 11) is -3.17. The first-order valence-electron chi connectivity index (χ1n) is 10.8. The topological polar surface area (TPSA) is 112 Å². The molecule has 9 nitrogen and oxygen atoms in total. The van der Waals surface area contributed by atoms with Gasteiger partial charge in [-0.1, -0.05) is 18.5 Å². The van der Waals surface area contributed by atoms with Crippen LogP contribution in [0.25, 0.3) is 5.65 Å². The standard InChI is InChI=1S/C22H22ClF3N4O5S/c1-4-22(25,26)9-34-15-7-13(24)8-27-20(15)35-14-5-6-16-28-17(12(2)30(16)18(14)23)19(31)29-21(3)10-36(32,33)11-21/h5-8H,4,9-11H2,1-3H3,(H,29,31). The molecule has 3 aromatic heterocycles. The van der Waals surface area contributed by atoms with Crippen LogP contribution in [-0.4, -0.2) is 58.3 Å². The summed E-state index contributed by atoms with van der Waals surface area (Å²) in [5.74, 6) is -5.48. The maximum Gasteiger partial charge on any atom is 0.281 e. The number of carbonyl (C=O) groups excluding carboxylic acids is 1. The van der Waals surface area contributed by atoms with Crippen molar-refractivity contribution in [3.05, 3.63) is 46.8 Å². The van der Waals surface area contributed by atoms with Crippen molar-refractivity contribution in [2.45, 2.75) is 38.7 Å². The minimum Gasteiger partial charge on any atom is -0.482 e. The van der Waals surface area contributed by atoms with E-state index < -0.39 is 46.1 Å². The molecular formula is C22H22ClF3N4O5S. The molecule has 0 atom stereocenters. The second-order valence-corrected chi connectivity index (χ2v) is 11.3. The van der Waals surface area contributed by atoms with E-state index in [4.69, 9.17) is 21.1 Å². The Bertz CT molecular complexity index is 1450. The number of ether oxygens (including phenoxy) is 2. The van der Waals surface area contributed by atoms with Crippen LogP contribution in [0, 0.1) is 12.7 Å². The fourth-order valence-corrected chi connectivity index (χ4v) is 6.13. The SMILES string of the molecule is CCC(F)(F)COc1cc(F)cnc1Oc1ccc2nc(C(=O)NC3(C)CS(=O)(=O)C3)c(C)n2c1Cl. The number of nitrogens with zero attached hydrogens (tertiary/aromatic N) is 3. The highest BCUT2D eigenvalue weighted by atomic mass is 35.5. The molecule has 3 aromatic rings. The lowest BCUT2D eigenvalue weighted by atomic mass is 10.1. The third-order valence-corrected chi connectivity index (χ3v) is 8.08. The van der Waals surface area contributed by atoms with Gasteiger partial charge in [-0.15, -0.1) is 0 Å². The molecule has 4 heterocycles. The number of imidazole rings is 1. The normalized spacial score (nSPS) is 16.4. The summed E-state index contributed by atoms with van der Waals surface area (Å²) in [5.41, 5.74) is -0.220. The number of amides is 1. The van der Waals surface area contributed by atoms with Crippen molar-refractivity contribution in [1.82, 2.24) is 19.7 Å². The molecule has 1 saturated heterocycles. The van der Waals surface area contributed by atoms with Gasteiger partial charge in [-0.3, -0.25) is 9.20 Å². The number of halogens is 4. The molecule has 0 radical (unpaired) electrons. The predicted octanol–water partition coefficient (Wildman–Crippen LogP) is 3.96. The third kappa shape index (κ3) is 5.21. The molecule has 0 aliphatic carbocycles. The van der Waals surface area contributed by atoms with Gasteiger partial charge < -0.3 is 14.8 Å². The average molecular weight is 547 g/mol. The summed E-state index contributed by atoms with van der Waals surface area (Å²) in [5, 5.41) is 2.67. The molecule has 0 bridgehead atoms. The first-order valence-corrected chi connectivity index (χ1v) is 13.0. The molecule has 1 aliphatic heterocycles. The summed E-state index contributed by atoms with van der Waals surface area (Å²) in [6, 6.07) is 3.78. The van der Waals surface area contributed by atoms with Crippen LogP contribution in [0.15, 0.2) is 24.4 Å². The monoisotopic (exact) mass is 546 g/mol. The van der Waals surface area contributed by atoms with Gasteiger partial charge in [0.1, 0.15) is 17.2 Å². The average Bonchev–Trinajstić information content (AvgIpc) is 3.11. The molecule has 0 spiro atoms. The quantitative estimate of drug-likeness (QED) is 0.426. The van der Waals surface area contributed by atoms with Crippen molar-refractivity contribution in [2.24, 2.45) is 0 Å². The highest BCUT2D eigenvalue weighted by Gasteiger charge is 2.46. The summed E-state index contributed by atoms with van der Waals surface area (Å²) < 4.78 is 76.2. The van der Waals surface area contributed by atoms with Gasteiger partial charge in [-0.05, 0) is 26.0 Å². The Labute approximate surface area is 209 Å². The smallest absolute Gasteiger partial charge is 0.281 e. The third-order valence-electron chi connectivity index (χ3n) is 5.57. The lowest BCUT2D eigenvalue weighted by Crippen LogP contribution is -2.63. The van der Waals surface area contributed by atoms with E-state index >= 15 is 0 Å². The summed E-state index contributed by atoms with van der Waals surface area (Å²) in [4.78, 5) is 20.9. The van der Waals surface area contributed by atoms with E-state index in [9.17, 15) is 26.4 Å². The highest BCUT2D eigenvalue weighted by molar-refractivity contribution is 7.93. The number of rotatable bonds is 8. The number of aryl methyl sites for hydroxylation is 1. The summed E-state index contributed by atoms with van der Waals surface area (Å²) >= 11 is 6.50. The fraction of sp³-hybridized carbons (Fsp3) is 0.409. The number of fused-ring (bicyclic) bond motifs is 1. The molecule has 0 saturated carbocycles. The van der Waals surface area contributed by atoms with E-state index in [-0.39, 0.29) is 39.7 Å². The molecule has 0 aromatic carbocycles. The number of alkyl halides is 2. The molecule has 14 heteroatoms. The zero-order valence-corrected chi connectivity index (χ0v) is 21.0. The van der Waals surface area contributed by atoms with E-state index in [1.807, 2.05) is 0 Å². The Morgan fingerprint density at radius 1 is 1.31 bits per heavy atom. The summed E-state index contributed by atoms with van der Waals surface area (Å²) in [6.07, 6.45) is 0.359. The van der Waals surface area contributed by atoms with E-state index in [1.165, 1.54) is 23.5 Å². The van der Waals surface area contributed by atoms with Gasteiger partial charge in [0.2, 0.25) is 0 Å². The predicted molar refractivity (Wildman–Crippen MR) is 124 cm³/mol. The second-order valence-electron chi connectivity index (χ2n) is 8.83. The van der Waals surface area contributed by atoms with Crippen molar-refractivity contribution >= 4 is 33.0 Å². The molecule has 1 N–H and O–H groups in total. The van der Waals surface area contributed by atoms with Gasteiger partial charge in [-0.2, -0.15) is 0 Å². The van der Waals surface area contributed by atoms with Crippen molar-refractivity contribution < 1.29 is 35.9 Å². The van der Waals surface area contributed by atoms with Crippen molar-refractivity contribution in [3.63, 3.8) is 0 Å². The Hall–Kier alpha value is -3.06. The van der Waals surface area contributed by atoms with Crippen LogP contribution < -0.4 is 14.8 Å². The molecule has 4 rings (SSSR count). The molecule has 194 valence electrons. The number of pyridine rings is 2. The molecule has 0 unspecified atom stereocenters. The van der Waals surface area contributed by atoms with Crippen LogP contribution in [0.2, 0.25) is 5.15 Å². The van der Waals surface area contributed by atoms with Gasteiger partial charge in [0.25, 0.3) is 17.7 Å². The van der Waals surface area contributed by atoms with E-state index in [2.05, 4.69) is 15.3 Å². The summed E-state index contributed by atoms with van der Waals surface area (Å²) in [6.45, 7) is 3.50. The van der Waals surface area contributed by atoms with Gasteiger partial charge >= 0.3 is 0 Å². The van der Waals surface area contributed by atoms with Gasteiger partial charge in [0.05, 0.1) is 28.9 Å². The van der Waals surface area contributed by atoms with E-state index in [0.717, 1.165) is 12.3 Å². The van der Waals surface area contributed by atoms with Crippen LogP contribution in [0.4, 0.5) is 13.2 Å². The van der Waals surface area contributed by atoms with Crippen LogP contribution in [0.5, 0.6) is 17.4 Å². The first kappa shape index (κ1) is 26.0. The van der Waals surface area contributed by atoms with Crippen LogP contribution in [0.3, 0.4) is 0 Å². The molecule has 36 heavy (non-hydrogen) atoms. The van der Waals surface area contributed by atoms with Crippen LogP contribution >= 0.6 is 11.6 Å². The highest BCUT2D eigenvalue weighted by Crippen LogP contribution is 2.36. The van der Waals surface area contributed by atoms with Crippen LogP contribution in [-0.2, 0) is 9.84 Å². The van der Waals surface area contributed by atoms with Crippen molar-refractivity contribution in [3.8, 4) is 17.4 Å². The zero-order chi connectivity index (χ0) is 26.5. The number of hydrogen-bond acceptors (Lipinski definition) is 7. The van der Waals surface area contributed by atoms with Gasteiger partial charge in [0.15, 0.2) is 33.1 Å². The van der Waals surface area contributed by atoms with Crippen molar-refractivity contribution in [2.75, 3.05) is 18.1 Å². The number of aromatic nitrogens is 3. The first-order chi connectivity index (χ1) is 16.7. The molecule has 1 amide bonds. The van der Waals surface area contributed by atoms with Crippen LogP contribution in [0.1, 0.15) is 36.5 Å². The Morgan fingerprint density at radius 3 is 2.64 bits per heavy atom. The lowest BCUT2D eigenvalue weighted by molar-refractivity contribution is -0.0442. The molecule has 1 fully saturated rings. The lowest BCUT2D eigenvalue weighted by Gasteiger charge is -2.38. The van der Waals surface area contributed by atoms with Crippen molar-refractivity contribution in [1.29, 1.82) is 0 Å². The molecular weight excluding hydrogens is 525 g/mol. The Morgan fingerprint density at radius 2 is 2.00 bits per heavy atom. The minimum atomic E-state index is -3.17. The van der Waals surface area contributed by atoms with E-state index in [1.54, 1.807) is 13.8 Å². The second kappa shape index (κ2) is 9.11. The Balaban J connectivity index is 1.62.